The van der Waals surface area contributed by atoms with Crippen LogP contribution in [0.1, 0.15) is 5.82 Å². The van der Waals surface area contributed by atoms with Gasteiger partial charge in [-0.15, -0.1) is 0 Å². The quantitative estimate of drug-likeness (QED) is 0.407. The maximum Gasteiger partial charge on any atom is 0.229 e. The van der Waals surface area contributed by atoms with Crippen LogP contribution in [0.2, 0.25) is 0 Å². The Morgan fingerprint density at radius 2 is 1.74 bits per heavy atom. The number of hydrogen-bond donors (Lipinski definition) is 1. The third kappa shape index (κ3) is 4.25. The maximum absolute atomic E-state index is 14.5. The molecule has 0 bridgehead atoms. The van der Waals surface area contributed by atoms with Gasteiger partial charge in [-0.05, 0) is 60.5 Å². The lowest BCUT2D eigenvalue weighted by Crippen LogP contribution is -2.09. The van der Waals surface area contributed by atoms with Crippen LogP contribution < -0.4 is 4.72 Å². The molecule has 34 heavy (non-hydrogen) atoms. The Kier molecular flexibility index (Phi) is 5.13. The second-order valence-corrected chi connectivity index (χ2v) is 9.56. The average molecular weight is 481 g/mol. The number of hydrogen-bond acceptors (Lipinski definition) is 5. The number of fused-ring (bicyclic) bond motifs is 1. The van der Waals surface area contributed by atoms with Gasteiger partial charge in [0.05, 0.1) is 29.9 Å². The lowest BCUT2D eigenvalue weighted by atomic mass is 9.98. The van der Waals surface area contributed by atoms with Crippen LogP contribution in [0.4, 0.5) is 14.5 Å². The summed E-state index contributed by atoms with van der Waals surface area (Å²) in [6.07, 6.45) is 6.05. The summed E-state index contributed by atoms with van der Waals surface area (Å²) in [5.74, 6) is -0.819. The summed E-state index contributed by atoms with van der Waals surface area (Å²) in [4.78, 5) is 4.13. The molecular formula is C23H18F2N6O2S. The molecule has 8 nitrogen and oxygen atoms in total. The van der Waals surface area contributed by atoms with Gasteiger partial charge in [0.2, 0.25) is 10.0 Å². The highest BCUT2D eigenvalue weighted by molar-refractivity contribution is 7.92. The molecule has 0 unspecified atom stereocenters. The average Bonchev–Trinajstić information content (AvgIpc) is 3.38. The summed E-state index contributed by atoms with van der Waals surface area (Å²) in [5.41, 5.74) is 3.56. The predicted molar refractivity (Wildman–Crippen MR) is 124 cm³/mol. The molecule has 0 amide bonds. The second-order valence-electron chi connectivity index (χ2n) is 7.81. The summed E-state index contributed by atoms with van der Waals surface area (Å²) < 4.78 is 57.5. The lowest BCUT2D eigenvalue weighted by molar-refractivity contribution is 0.585. The number of sulfonamides is 1. The van der Waals surface area contributed by atoms with Crippen molar-refractivity contribution in [2.24, 2.45) is 0 Å². The Bertz CT molecular complexity index is 1660. The molecule has 0 aliphatic rings. The number of nitrogens with one attached hydrogen (secondary N) is 1. The van der Waals surface area contributed by atoms with Gasteiger partial charge >= 0.3 is 0 Å². The Morgan fingerprint density at radius 1 is 0.971 bits per heavy atom. The minimum atomic E-state index is -3.60. The molecule has 3 heterocycles. The molecular weight excluding hydrogens is 462 g/mol. The molecule has 1 N–H and O–H groups in total. The number of anilines is 1. The number of halogens is 2. The summed E-state index contributed by atoms with van der Waals surface area (Å²) in [7, 11) is -3.60. The molecule has 0 aliphatic heterocycles. The Labute approximate surface area is 193 Å². The van der Waals surface area contributed by atoms with E-state index in [4.69, 9.17) is 0 Å². The fraction of sp³-hybridized carbons (Fsp3) is 0.0870. The van der Waals surface area contributed by atoms with Crippen molar-refractivity contribution in [3.8, 4) is 27.9 Å². The normalized spacial score (nSPS) is 11.8. The van der Waals surface area contributed by atoms with Crippen molar-refractivity contribution in [2.45, 2.75) is 6.92 Å². The smallest absolute Gasteiger partial charge is 0.229 e. The SMILES string of the molecule is Cc1ncn(-c2ccc3c(-c4cc(NS(C)(=O)=O)cc(-c5ccc(F)cc5F)c4)cnn3c2)n1. The second kappa shape index (κ2) is 8.03. The van der Waals surface area contributed by atoms with Crippen molar-refractivity contribution in [3.05, 3.63) is 84.7 Å². The molecule has 0 aliphatic carbocycles. The van der Waals surface area contributed by atoms with E-state index >= 15 is 0 Å². The van der Waals surface area contributed by atoms with Crippen LogP contribution in [0.15, 0.2) is 67.3 Å². The van der Waals surface area contributed by atoms with Gasteiger partial charge in [0.1, 0.15) is 23.8 Å². The van der Waals surface area contributed by atoms with E-state index in [0.717, 1.165) is 29.6 Å². The minimum Gasteiger partial charge on any atom is -0.284 e. The topological polar surface area (TPSA) is 94.2 Å². The van der Waals surface area contributed by atoms with E-state index < -0.39 is 21.7 Å². The van der Waals surface area contributed by atoms with Gasteiger partial charge in [-0.3, -0.25) is 4.72 Å². The highest BCUT2D eigenvalue weighted by atomic mass is 32.2. The molecule has 11 heteroatoms. The Balaban J connectivity index is 1.65. The first-order valence-corrected chi connectivity index (χ1v) is 12.0. The van der Waals surface area contributed by atoms with Crippen molar-refractivity contribution in [3.63, 3.8) is 0 Å². The standard InChI is InChI=1S/C23H18F2N6O2S/c1-14-26-13-31(28-14)19-4-6-23-21(11-27-30(23)12-19)16-7-15(8-18(9-16)29-34(2,32)33)20-5-3-17(24)10-22(20)25/h3-13,29H,1-2H3. The highest BCUT2D eigenvalue weighted by Gasteiger charge is 2.15. The molecule has 2 aromatic carbocycles. The van der Waals surface area contributed by atoms with Crippen LogP contribution in [0.25, 0.3) is 33.5 Å². The molecule has 0 spiro atoms. The number of pyridine rings is 1. The molecule has 3 aromatic heterocycles. The van der Waals surface area contributed by atoms with Gasteiger partial charge in [0, 0.05) is 22.9 Å². The third-order valence-electron chi connectivity index (χ3n) is 5.16. The van der Waals surface area contributed by atoms with Crippen molar-refractivity contribution in [2.75, 3.05) is 11.0 Å². The van der Waals surface area contributed by atoms with Crippen LogP contribution in [-0.4, -0.2) is 39.1 Å². The summed E-state index contributed by atoms with van der Waals surface area (Å²) >= 11 is 0. The molecule has 5 rings (SSSR count). The summed E-state index contributed by atoms with van der Waals surface area (Å²) in [6.45, 7) is 1.79. The predicted octanol–water partition coefficient (Wildman–Crippen LogP) is 4.21. The van der Waals surface area contributed by atoms with E-state index in [2.05, 4.69) is 19.9 Å². The molecule has 0 saturated carbocycles. The first-order chi connectivity index (χ1) is 16.2. The monoisotopic (exact) mass is 480 g/mol. The zero-order chi connectivity index (χ0) is 24.0. The van der Waals surface area contributed by atoms with Gasteiger partial charge in [0.25, 0.3) is 0 Å². The van der Waals surface area contributed by atoms with Crippen LogP contribution in [0.3, 0.4) is 0 Å². The zero-order valence-electron chi connectivity index (χ0n) is 18.1. The van der Waals surface area contributed by atoms with Crippen molar-refractivity contribution >= 4 is 21.2 Å². The van der Waals surface area contributed by atoms with Crippen LogP contribution in [0.5, 0.6) is 0 Å². The van der Waals surface area contributed by atoms with Gasteiger partial charge in [-0.1, -0.05) is 0 Å². The maximum atomic E-state index is 14.5. The Morgan fingerprint density at radius 3 is 2.41 bits per heavy atom. The molecule has 5 aromatic rings. The number of nitrogens with zero attached hydrogens (tertiary/aromatic N) is 5. The van der Waals surface area contributed by atoms with Crippen molar-refractivity contribution in [1.29, 1.82) is 0 Å². The third-order valence-corrected chi connectivity index (χ3v) is 5.77. The zero-order valence-corrected chi connectivity index (χ0v) is 18.9. The number of rotatable bonds is 5. The highest BCUT2D eigenvalue weighted by Crippen LogP contribution is 2.34. The Hall–Kier alpha value is -4.12. The van der Waals surface area contributed by atoms with E-state index in [1.807, 2.05) is 12.1 Å². The van der Waals surface area contributed by atoms with Crippen molar-refractivity contribution in [1.82, 2.24) is 24.4 Å². The molecule has 0 atom stereocenters. The molecule has 0 radical (unpaired) electrons. The number of aromatic nitrogens is 5. The van der Waals surface area contributed by atoms with Gasteiger partial charge < -0.3 is 0 Å². The fourth-order valence-corrected chi connectivity index (χ4v) is 4.28. The van der Waals surface area contributed by atoms with E-state index in [0.29, 0.717) is 22.5 Å². The van der Waals surface area contributed by atoms with Crippen molar-refractivity contribution < 1.29 is 17.2 Å². The first kappa shape index (κ1) is 21.7. The lowest BCUT2D eigenvalue weighted by Gasteiger charge is -2.12. The minimum absolute atomic E-state index is 0.139. The van der Waals surface area contributed by atoms with Gasteiger partial charge in [-0.2, -0.15) is 10.2 Å². The van der Waals surface area contributed by atoms with E-state index in [9.17, 15) is 17.2 Å². The first-order valence-electron chi connectivity index (χ1n) is 10.1. The molecule has 0 fully saturated rings. The van der Waals surface area contributed by atoms with Crippen LogP contribution >= 0.6 is 0 Å². The fourth-order valence-electron chi connectivity index (χ4n) is 3.74. The summed E-state index contributed by atoms with van der Waals surface area (Å²) in [6, 6.07) is 11.8. The molecule has 0 saturated heterocycles. The molecule has 172 valence electrons. The summed E-state index contributed by atoms with van der Waals surface area (Å²) in [5, 5.41) is 8.71. The van der Waals surface area contributed by atoms with E-state index in [1.165, 1.54) is 12.1 Å². The van der Waals surface area contributed by atoms with Crippen LogP contribution in [-0.2, 0) is 10.0 Å². The number of aryl methyl sites for hydroxylation is 1. The van der Waals surface area contributed by atoms with Gasteiger partial charge in [0.15, 0.2) is 0 Å². The van der Waals surface area contributed by atoms with Crippen LogP contribution in [0, 0.1) is 18.6 Å². The largest absolute Gasteiger partial charge is 0.284 e. The number of benzene rings is 2. The van der Waals surface area contributed by atoms with Gasteiger partial charge in [-0.25, -0.2) is 31.4 Å². The van der Waals surface area contributed by atoms with E-state index in [1.54, 1.807) is 47.0 Å². The van der Waals surface area contributed by atoms with E-state index in [-0.39, 0.29) is 11.3 Å².